The molecule has 0 spiro atoms. The van der Waals surface area contributed by atoms with E-state index < -0.39 is 39.3 Å². The van der Waals surface area contributed by atoms with E-state index in [9.17, 15) is 28.1 Å². The Morgan fingerprint density at radius 3 is 2.09 bits per heavy atom. The molecule has 0 saturated heterocycles. The first-order valence-corrected chi connectivity index (χ1v) is 15.6. The molecule has 228 valence electrons. The summed E-state index contributed by atoms with van der Waals surface area (Å²) in [6.07, 6.45) is 0.169. The van der Waals surface area contributed by atoms with Gasteiger partial charge >= 0.3 is 0 Å². The third kappa shape index (κ3) is 8.00. The summed E-state index contributed by atoms with van der Waals surface area (Å²) in [6.45, 7) is 1.37. The second kappa shape index (κ2) is 14.6. The second-order valence-electron chi connectivity index (χ2n) is 9.85. The first kappa shape index (κ1) is 32.2. The molecule has 2 amide bonds. The number of non-ortho nitro benzene ring substituents is 1. The molecule has 12 heteroatoms. The van der Waals surface area contributed by atoms with Crippen molar-refractivity contribution in [3.05, 3.63) is 135 Å². The number of halogens is 1. The van der Waals surface area contributed by atoms with E-state index in [0.29, 0.717) is 17.1 Å². The summed E-state index contributed by atoms with van der Waals surface area (Å²) in [5, 5.41) is 14.5. The number of anilines is 1. The third-order valence-corrected chi connectivity index (χ3v) is 8.85. The fourth-order valence-electron chi connectivity index (χ4n) is 4.67. The van der Waals surface area contributed by atoms with Crippen LogP contribution in [-0.4, -0.2) is 49.2 Å². The summed E-state index contributed by atoms with van der Waals surface area (Å²) >= 11 is 6.24. The predicted molar refractivity (Wildman–Crippen MR) is 169 cm³/mol. The van der Waals surface area contributed by atoms with E-state index >= 15 is 0 Å². The molecular formula is C32H31ClN4O6S. The molecule has 0 radical (unpaired) electrons. The number of benzene rings is 4. The van der Waals surface area contributed by atoms with Gasteiger partial charge in [0.1, 0.15) is 12.6 Å². The summed E-state index contributed by atoms with van der Waals surface area (Å²) < 4.78 is 28.8. The van der Waals surface area contributed by atoms with Crippen LogP contribution >= 0.6 is 11.6 Å². The Morgan fingerprint density at radius 2 is 1.50 bits per heavy atom. The lowest BCUT2D eigenvalue weighted by Crippen LogP contribution is -2.53. The molecule has 44 heavy (non-hydrogen) atoms. The zero-order valence-corrected chi connectivity index (χ0v) is 25.4. The summed E-state index contributed by atoms with van der Waals surface area (Å²) in [6, 6.07) is 27.5. The fraction of sp³-hybridized carbons (Fsp3) is 0.188. The van der Waals surface area contributed by atoms with E-state index in [4.69, 9.17) is 11.6 Å². The third-order valence-electron chi connectivity index (χ3n) is 6.82. The number of nitro groups is 1. The van der Waals surface area contributed by atoms with Crippen molar-refractivity contribution in [3.8, 4) is 0 Å². The standard InChI is InChI=1S/C32H31ClN4O6S/c1-2-34-32(39)30(21-24-10-5-3-6-11-24)35(22-25-12-9-13-26(33)20-25)31(38)23-36(27-16-18-28(19-17-27)37(40)41)44(42,43)29-14-7-4-8-15-29/h3-20,30H,2,21-23H2,1H3,(H,34,39)/t30-/m1/s1. The van der Waals surface area contributed by atoms with E-state index in [2.05, 4.69) is 5.32 Å². The lowest BCUT2D eigenvalue weighted by atomic mass is 10.0. The normalized spacial score (nSPS) is 11.8. The molecule has 4 aromatic carbocycles. The lowest BCUT2D eigenvalue weighted by Gasteiger charge is -2.33. The smallest absolute Gasteiger partial charge is 0.269 e. The molecule has 1 atom stereocenters. The number of amides is 2. The summed E-state index contributed by atoms with van der Waals surface area (Å²) in [5.41, 5.74) is 1.25. The molecule has 4 rings (SSSR count). The van der Waals surface area contributed by atoms with E-state index in [-0.39, 0.29) is 29.2 Å². The van der Waals surface area contributed by atoms with Gasteiger partial charge in [0.2, 0.25) is 11.8 Å². The number of rotatable bonds is 13. The summed E-state index contributed by atoms with van der Waals surface area (Å²) in [4.78, 5) is 39.8. The molecule has 0 saturated carbocycles. The van der Waals surface area contributed by atoms with Crippen molar-refractivity contribution in [1.82, 2.24) is 10.2 Å². The van der Waals surface area contributed by atoms with Crippen molar-refractivity contribution in [3.63, 3.8) is 0 Å². The van der Waals surface area contributed by atoms with Crippen molar-refractivity contribution >= 4 is 44.8 Å². The Labute approximate surface area is 261 Å². The Morgan fingerprint density at radius 1 is 0.886 bits per heavy atom. The van der Waals surface area contributed by atoms with Gasteiger partial charge in [0.25, 0.3) is 15.7 Å². The van der Waals surface area contributed by atoms with Crippen molar-refractivity contribution < 1.29 is 22.9 Å². The first-order chi connectivity index (χ1) is 21.1. The number of nitro benzene ring substituents is 1. The molecule has 0 fully saturated rings. The maximum absolute atomic E-state index is 14.3. The van der Waals surface area contributed by atoms with Crippen LogP contribution in [0.1, 0.15) is 18.1 Å². The minimum Gasteiger partial charge on any atom is -0.355 e. The van der Waals surface area contributed by atoms with Gasteiger partial charge in [-0.3, -0.25) is 24.0 Å². The number of hydrogen-bond acceptors (Lipinski definition) is 6. The van der Waals surface area contributed by atoms with Crippen LogP contribution in [0, 0.1) is 10.1 Å². The maximum atomic E-state index is 14.3. The van der Waals surface area contributed by atoms with Crippen molar-refractivity contribution in [2.24, 2.45) is 0 Å². The monoisotopic (exact) mass is 634 g/mol. The molecule has 10 nitrogen and oxygen atoms in total. The average molecular weight is 635 g/mol. The molecule has 0 aromatic heterocycles. The quantitative estimate of drug-likeness (QED) is 0.159. The van der Waals surface area contributed by atoms with Gasteiger partial charge in [-0.2, -0.15) is 0 Å². The van der Waals surface area contributed by atoms with Gasteiger partial charge in [0, 0.05) is 36.7 Å². The number of sulfonamides is 1. The van der Waals surface area contributed by atoms with Gasteiger partial charge in [-0.05, 0) is 54.4 Å². The van der Waals surface area contributed by atoms with Crippen LogP contribution < -0.4 is 9.62 Å². The van der Waals surface area contributed by atoms with Crippen molar-refractivity contribution in [1.29, 1.82) is 0 Å². The van der Waals surface area contributed by atoms with E-state index in [0.717, 1.165) is 9.87 Å². The van der Waals surface area contributed by atoms with Gasteiger partial charge < -0.3 is 10.2 Å². The van der Waals surface area contributed by atoms with Gasteiger partial charge in [-0.1, -0.05) is 72.3 Å². The van der Waals surface area contributed by atoms with Crippen LogP contribution in [0.25, 0.3) is 0 Å². The number of likely N-dealkylation sites (N-methyl/N-ethyl adjacent to an activating group) is 1. The maximum Gasteiger partial charge on any atom is 0.269 e. The molecule has 0 unspecified atom stereocenters. The Balaban J connectivity index is 1.80. The first-order valence-electron chi connectivity index (χ1n) is 13.8. The van der Waals surface area contributed by atoms with Gasteiger partial charge in [-0.25, -0.2) is 8.42 Å². The molecule has 0 aliphatic heterocycles. The predicted octanol–water partition coefficient (Wildman–Crippen LogP) is 5.22. The molecule has 0 heterocycles. The highest BCUT2D eigenvalue weighted by Crippen LogP contribution is 2.27. The fourth-order valence-corrected chi connectivity index (χ4v) is 6.32. The highest BCUT2D eigenvalue weighted by molar-refractivity contribution is 7.92. The largest absolute Gasteiger partial charge is 0.355 e. The van der Waals surface area contributed by atoms with Crippen molar-refractivity contribution in [2.45, 2.75) is 30.8 Å². The summed E-state index contributed by atoms with van der Waals surface area (Å²) in [7, 11) is -4.32. The number of nitrogens with zero attached hydrogens (tertiary/aromatic N) is 3. The number of carbonyl (C=O) groups is 2. The molecule has 4 aromatic rings. The average Bonchev–Trinajstić information content (AvgIpc) is 3.02. The van der Waals surface area contributed by atoms with Crippen LogP contribution in [0.2, 0.25) is 5.02 Å². The van der Waals surface area contributed by atoms with Crippen LogP contribution in [-0.2, 0) is 32.6 Å². The number of carbonyl (C=O) groups excluding carboxylic acids is 2. The van der Waals surface area contributed by atoms with Crippen molar-refractivity contribution in [2.75, 3.05) is 17.4 Å². The molecule has 0 aliphatic rings. The Hall–Kier alpha value is -4.74. The van der Waals surface area contributed by atoms with Gasteiger partial charge in [0.15, 0.2) is 0 Å². The minimum absolute atomic E-state index is 0.0342. The van der Waals surface area contributed by atoms with Crippen LogP contribution in [0.3, 0.4) is 0 Å². The minimum atomic E-state index is -4.32. The topological polar surface area (TPSA) is 130 Å². The molecule has 1 N–H and O–H groups in total. The molecule has 0 bridgehead atoms. The van der Waals surface area contributed by atoms with E-state index in [1.807, 2.05) is 30.3 Å². The highest BCUT2D eigenvalue weighted by atomic mass is 35.5. The number of nitrogens with one attached hydrogen (secondary N) is 1. The molecular weight excluding hydrogens is 604 g/mol. The summed E-state index contributed by atoms with van der Waals surface area (Å²) in [5.74, 6) is -1.06. The van der Waals surface area contributed by atoms with Gasteiger partial charge in [0.05, 0.1) is 15.5 Å². The second-order valence-corrected chi connectivity index (χ2v) is 12.1. The molecule has 0 aliphatic carbocycles. The van der Waals surface area contributed by atoms with Crippen LogP contribution in [0.5, 0.6) is 0 Å². The highest BCUT2D eigenvalue weighted by Gasteiger charge is 2.34. The lowest BCUT2D eigenvalue weighted by molar-refractivity contribution is -0.384. The zero-order valence-electron chi connectivity index (χ0n) is 23.9. The SMILES string of the molecule is CCNC(=O)[C@@H](Cc1ccccc1)N(Cc1cccc(Cl)c1)C(=O)CN(c1ccc([N+](=O)[O-])cc1)S(=O)(=O)c1ccccc1. The zero-order chi connectivity index (χ0) is 31.7. The van der Waals surface area contributed by atoms with Crippen LogP contribution in [0.4, 0.5) is 11.4 Å². The number of hydrogen-bond donors (Lipinski definition) is 1. The van der Waals surface area contributed by atoms with Crippen LogP contribution in [0.15, 0.2) is 114 Å². The Bertz CT molecular complexity index is 1700. The Kier molecular flexibility index (Phi) is 10.7. The van der Waals surface area contributed by atoms with E-state index in [1.165, 1.54) is 41.3 Å². The van der Waals surface area contributed by atoms with E-state index in [1.54, 1.807) is 49.4 Å². The van der Waals surface area contributed by atoms with Gasteiger partial charge in [-0.15, -0.1) is 0 Å².